The molecule has 0 N–H and O–H groups in total. The predicted octanol–water partition coefficient (Wildman–Crippen LogP) is 11.9. The van der Waals surface area contributed by atoms with Gasteiger partial charge in [-0.25, -0.2) is 0 Å². The Labute approximate surface area is 481 Å². The quantitative estimate of drug-likeness (QED) is 0.143. The zero-order chi connectivity index (χ0) is 54.6. The lowest BCUT2D eigenvalue weighted by Crippen LogP contribution is -2.93. The van der Waals surface area contributed by atoms with Crippen molar-refractivity contribution >= 4 is 123 Å². The summed E-state index contributed by atoms with van der Waals surface area (Å²) in [5.74, 6) is 1.65. The Morgan fingerprint density at radius 2 is 0.542 bits per heavy atom. The lowest BCUT2D eigenvalue weighted by Gasteiger charge is -2.48. The van der Waals surface area contributed by atoms with Crippen LogP contribution in [0.3, 0.4) is 0 Å². The molecule has 1 aliphatic heterocycles. The van der Waals surface area contributed by atoms with E-state index in [2.05, 4.69) is 317 Å². The smallest absolute Gasteiger partial charge is 0.240 e. The van der Waals surface area contributed by atoms with Gasteiger partial charge in [-0.15, -0.1) is 0 Å². The highest BCUT2D eigenvalue weighted by molar-refractivity contribution is 7.33. The van der Waals surface area contributed by atoms with E-state index >= 15 is 0 Å². The fraction of sp³-hybridized carbons (Fsp3) is 0. The zero-order valence-corrected chi connectivity index (χ0v) is 47.1. The molecule has 17 rings (SSSR count). The SMILES string of the molecule is c1ccc([Si]2(c3ccccc3)c3ccccc3[Si](c3ccccc3)(c3ccc4c5ccccc5n(-c5ccccc5-c5nc(-n6c7ccccc7c7ccccc76)nc(-n6c7ccccc7c7ccccc76)n5)c4c3)c3ccccc32)cc1. The van der Waals surface area contributed by atoms with Gasteiger partial charge in [-0.3, -0.25) is 9.13 Å². The zero-order valence-electron chi connectivity index (χ0n) is 45.1. The fourth-order valence-electron chi connectivity index (χ4n) is 14.5. The Morgan fingerprint density at radius 3 is 0.952 bits per heavy atom. The van der Waals surface area contributed by atoms with Gasteiger partial charge in [0.2, 0.25) is 11.9 Å². The van der Waals surface area contributed by atoms with Crippen molar-refractivity contribution in [1.29, 1.82) is 0 Å². The summed E-state index contributed by atoms with van der Waals surface area (Å²) < 4.78 is 6.90. The number of nitrogens with zero attached hydrogens (tertiary/aromatic N) is 6. The summed E-state index contributed by atoms with van der Waals surface area (Å²) in [5, 5.41) is 18.1. The van der Waals surface area contributed by atoms with Crippen molar-refractivity contribution in [3.05, 3.63) is 303 Å². The van der Waals surface area contributed by atoms with Crippen LogP contribution in [0.4, 0.5) is 0 Å². The van der Waals surface area contributed by atoms with Crippen molar-refractivity contribution in [3.63, 3.8) is 0 Å². The lowest BCUT2D eigenvalue weighted by atomic mass is 10.1. The number of rotatable bonds is 8. The molecule has 83 heavy (non-hydrogen) atoms. The summed E-state index contributed by atoms with van der Waals surface area (Å²) in [6.45, 7) is 0. The van der Waals surface area contributed by atoms with E-state index in [-0.39, 0.29) is 0 Å². The van der Waals surface area contributed by atoms with Crippen LogP contribution in [0.15, 0.2) is 303 Å². The van der Waals surface area contributed by atoms with Crippen LogP contribution < -0.4 is 41.5 Å². The molecule has 8 heteroatoms. The van der Waals surface area contributed by atoms with Gasteiger partial charge in [-0.1, -0.05) is 255 Å². The number of hydrogen-bond acceptors (Lipinski definition) is 3. The molecular formula is C75H50N6Si2. The largest absolute Gasteiger partial charge is 0.309 e. The first-order chi connectivity index (χ1) is 41.2. The van der Waals surface area contributed by atoms with Crippen molar-refractivity contribution < 1.29 is 0 Å². The third-order valence-electron chi connectivity index (χ3n) is 17.8. The molecule has 12 aromatic carbocycles. The maximum absolute atomic E-state index is 5.63. The number of benzene rings is 12. The van der Waals surface area contributed by atoms with Gasteiger partial charge < -0.3 is 4.57 Å². The van der Waals surface area contributed by atoms with Crippen molar-refractivity contribution in [1.82, 2.24) is 28.7 Å². The van der Waals surface area contributed by atoms with E-state index in [4.69, 9.17) is 15.0 Å². The van der Waals surface area contributed by atoms with Crippen molar-refractivity contribution in [2.45, 2.75) is 0 Å². The maximum atomic E-state index is 5.63. The van der Waals surface area contributed by atoms with Gasteiger partial charge in [0.1, 0.15) is 0 Å². The topological polar surface area (TPSA) is 53.5 Å². The van der Waals surface area contributed by atoms with E-state index in [0.29, 0.717) is 17.7 Å². The first-order valence-corrected chi connectivity index (χ1v) is 32.4. The number of fused-ring (bicyclic) bond motifs is 11. The van der Waals surface area contributed by atoms with Gasteiger partial charge in [-0.05, 0) is 90.0 Å². The molecule has 4 aromatic heterocycles. The molecule has 0 aliphatic carbocycles. The Bertz CT molecular complexity index is 4910. The summed E-state index contributed by atoms with van der Waals surface area (Å²) in [6, 6.07) is 113. The highest BCUT2D eigenvalue weighted by atomic mass is 28.3. The second-order valence-corrected chi connectivity index (χ2v) is 29.3. The van der Waals surface area contributed by atoms with E-state index in [1.54, 1.807) is 0 Å². The minimum Gasteiger partial charge on any atom is -0.309 e. The molecule has 16 aromatic rings. The molecule has 0 radical (unpaired) electrons. The van der Waals surface area contributed by atoms with Gasteiger partial charge >= 0.3 is 0 Å². The number of hydrogen-bond donors (Lipinski definition) is 0. The highest BCUT2D eigenvalue weighted by Gasteiger charge is 2.56. The van der Waals surface area contributed by atoms with Crippen molar-refractivity contribution in [2.75, 3.05) is 0 Å². The van der Waals surface area contributed by atoms with Crippen LogP contribution in [0.5, 0.6) is 0 Å². The Morgan fingerprint density at radius 1 is 0.229 bits per heavy atom. The molecule has 0 amide bonds. The summed E-state index contributed by atoms with van der Waals surface area (Å²) >= 11 is 0. The third kappa shape index (κ3) is 6.73. The van der Waals surface area contributed by atoms with E-state index in [0.717, 1.165) is 65.9 Å². The van der Waals surface area contributed by atoms with Crippen LogP contribution in [-0.4, -0.2) is 44.8 Å². The molecule has 1 aliphatic rings. The third-order valence-corrected chi connectivity index (χ3v) is 28.0. The minimum atomic E-state index is -3.18. The standard InChI is InChI=1S/C75H50N6Si2/c1-4-26-51(27-5-1)82(52-28-6-2-7-29-52)69-44-22-24-46-71(69)83(53-30-8-3-9-31-53,72-47-25-23-45-70(72)82)54-48-49-60-59-36-10-16-38-62(59)79(68(60)50-54)67-43-21-15-37-61(67)73-76-74(80-63-39-17-11-32-55(63)56-33-12-18-40-64(56)80)78-75(77-73)81-65-41-19-13-34-57(65)58-35-14-20-42-66(58)81/h1-50H. The molecule has 6 nitrogen and oxygen atoms in total. The van der Waals surface area contributed by atoms with Crippen LogP contribution in [0.1, 0.15) is 0 Å². The van der Waals surface area contributed by atoms with Crippen LogP contribution >= 0.6 is 0 Å². The van der Waals surface area contributed by atoms with Crippen molar-refractivity contribution in [2.24, 2.45) is 0 Å². The molecule has 0 spiro atoms. The molecule has 0 bridgehead atoms. The average Bonchev–Trinajstić information content (AvgIpc) is 1.68. The van der Waals surface area contributed by atoms with Crippen LogP contribution in [0.2, 0.25) is 0 Å². The Kier molecular flexibility index (Phi) is 10.6. The lowest BCUT2D eigenvalue weighted by molar-refractivity contribution is 0.892. The van der Waals surface area contributed by atoms with Gasteiger partial charge in [0.05, 0.1) is 38.8 Å². The van der Waals surface area contributed by atoms with Crippen molar-refractivity contribution in [3.8, 4) is 29.0 Å². The number of para-hydroxylation sites is 6. The first kappa shape index (κ1) is 47.3. The number of aromatic nitrogens is 6. The normalized spacial score (nSPS) is 13.5. The summed E-state index contributed by atoms with van der Waals surface area (Å²) in [5.41, 5.74) is 8.18. The average molecular weight is 1090 g/mol. The molecule has 0 saturated heterocycles. The summed E-state index contributed by atoms with van der Waals surface area (Å²) in [6.07, 6.45) is 0. The molecule has 0 fully saturated rings. The fourth-order valence-corrected chi connectivity index (χ4v) is 26.6. The van der Waals surface area contributed by atoms with Gasteiger partial charge in [0, 0.05) is 37.9 Å². The summed E-state index contributed by atoms with van der Waals surface area (Å²) in [7, 11) is -6.11. The van der Waals surface area contributed by atoms with Crippen LogP contribution in [0.25, 0.3) is 94.4 Å². The second kappa shape index (κ2) is 18.5. The maximum Gasteiger partial charge on any atom is 0.240 e. The molecular weight excluding hydrogens is 1040 g/mol. The highest BCUT2D eigenvalue weighted by Crippen LogP contribution is 2.38. The van der Waals surface area contributed by atoms with Gasteiger partial charge in [0.15, 0.2) is 22.0 Å². The molecule has 0 atom stereocenters. The Hall–Kier alpha value is -10.5. The monoisotopic (exact) mass is 1090 g/mol. The van der Waals surface area contributed by atoms with E-state index < -0.39 is 16.1 Å². The van der Waals surface area contributed by atoms with E-state index in [1.165, 1.54) is 52.3 Å². The predicted molar refractivity (Wildman–Crippen MR) is 349 cm³/mol. The van der Waals surface area contributed by atoms with Gasteiger partial charge in [-0.2, -0.15) is 15.0 Å². The molecule has 5 heterocycles. The molecule has 388 valence electrons. The molecule has 0 unspecified atom stereocenters. The summed E-state index contributed by atoms with van der Waals surface area (Å²) in [4.78, 5) is 16.8. The van der Waals surface area contributed by atoms with Crippen LogP contribution in [0, 0.1) is 0 Å². The van der Waals surface area contributed by atoms with E-state index in [1.807, 2.05) is 0 Å². The van der Waals surface area contributed by atoms with Crippen LogP contribution in [-0.2, 0) is 0 Å². The molecule has 0 saturated carbocycles. The minimum absolute atomic E-state index is 0.541. The Balaban J connectivity index is 0.958. The second-order valence-electron chi connectivity index (χ2n) is 21.8. The van der Waals surface area contributed by atoms with E-state index in [9.17, 15) is 0 Å². The van der Waals surface area contributed by atoms with Gasteiger partial charge in [0.25, 0.3) is 0 Å². The first-order valence-electron chi connectivity index (χ1n) is 28.4.